The van der Waals surface area contributed by atoms with Crippen LogP contribution in [0.5, 0.6) is 0 Å². The number of carbonyl (C=O) groups excluding carboxylic acids is 1. The van der Waals surface area contributed by atoms with Crippen LogP contribution in [0.25, 0.3) is 0 Å². The van der Waals surface area contributed by atoms with Gasteiger partial charge < -0.3 is 10.2 Å². The molecule has 0 unspecified atom stereocenters. The van der Waals surface area contributed by atoms with Crippen molar-refractivity contribution >= 4 is 11.6 Å². The molecule has 2 aromatic rings. The molecular weight excluding hydrogens is 272 g/mol. The predicted octanol–water partition coefficient (Wildman–Crippen LogP) is 3.34. The summed E-state index contributed by atoms with van der Waals surface area (Å²) in [6.45, 7) is 4.62. The SMILES string of the molecule is Cc1ccc(C)c(C(=O)NCCc2ccc(N(C)C)cc2)c1. The summed E-state index contributed by atoms with van der Waals surface area (Å²) in [4.78, 5) is 14.3. The zero-order chi connectivity index (χ0) is 16.1. The summed E-state index contributed by atoms with van der Waals surface area (Å²) in [5, 5.41) is 3.00. The maximum absolute atomic E-state index is 12.2. The van der Waals surface area contributed by atoms with Crippen molar-refractivity contribution in [3.63, 3.8) is 0 Å². The molecule has 0 bridgehead atoms. The highest BCUT2D eigenvalue weighted by Crippen LogP contribution is 2.13. The number of hydrogen-bond acceptors (Lipinski definition) is 2. The lowest BCUT2D eigenvalue weighted by Crippen LogP contribution is -2.26. The Balaban J connectivity index is 1.90. The first-order valence-electron chi connectivity index (χ1n) is 7.59. The fourth-order valence-corrected chi connectivity index (χ4v) is 2.36. The molecule has 22 heavy (non-hydrogen) atoms. The zero-order valence-corrected chi connectivity index (χ0v) is 13.8. The standard InChI is InChI=1S/C19H24N2O/c1-14-5-6-15(2)18(13-14)19(22)20-12-11-16-7-9-17(10-8-16)21(3)4/h5-10,13H,11-12H2,1-4H3,(H,20,22). The van der Waals surface area contributed by atoms with Crippen LogP contribution in [0.4, 0.5) is 5.69 Å². The Labute approximate surface area is 133 Å². The Morgan fingerprint density at radius 2 is 1.73 bits per heavy atom. The molecule has 0 aliphatic carbocycles. The van der Waals surface area contributed by atoms with Gasteiger partial charge in [0.05, 0.1) is 0 Å². The second-order valence-electron chi connectivity index (χ2n) is 5.89. The van der Waals surface area contributed by atoms with E-state index in [0.717, 1.165) is 23.1 Å². The fraction of sp³-hybridized carbons (Fsp3) is 0.316. The quantitative estimate of drug-likeness (QED) is 0.918. The van der Waals surface area contributed by atoms with Crippen LogP contribution in [0.15, 0.2) is 42.5 Å². The summed E-state index contributed by atoms with van der Waals surface area (Å²) in [5.74, 6) is 0.00566. The van der Waals surface area contributed by atoms with E-state index < -0.39 is 0 Å². The van der Waals surface area contributed by atoms with Crippen molar-refractivity contribution < 1.29 is 4.79 Å². The van der Waals surface area contributed by atoms with E-state index in [2.05, 4.69) is 34.5 Å². The molecule has 3 nitrogen and oxygen atoms in total. The van der Waals surface area contributed by atoms with Crippen LogP contribution in [0.2, 0.25) is 0 Å². The Kier molecular flexibility index (Phi) is 5.21. The van der Waals surface area contributed by atoms with Crippen LogP contribution in [0, 0.1) is 13.8 Å². The summed E-state index contributed by atoms with van der Waals surface area (Å²) in [6, 6.07) is 14.4. The minimum absolute atomic E-state index is 0.00566. The van der Waals surface area contributed by atoms with Crippen molar-refractivity contribution in [1.29, 1.82) is 0 Å². The smallest absolute Gasteiger partial charge is 0.251 e. The zero-order valence-electron chi connectivity index (χ0n) is 13.8. The number of benzene rings is 2. The van der Waals surface area contributed by atoms with Crippen molar-refractivity contribution in [1.82, 2.24) is 5.32 Å². The number of aryl methyl sites for hydroxylation is 2. The monoisotopic (exact) mass is 296 g/mol. The maximum atomic E-state index is 12.2. The third-order valence-electron chi connectivity index (χ3n) is 3.79. The van der Waals surface area contributed by atoms with Gasteiger partial charge in [0, 0.05) is 31.9 Å². The van der Waals surface area contributed by atoms with Gasteiger partial charge >= 0.3 is 0 Å². The van der Waals surface area contributed by atoms with Crippen molar-refractivity contribution in [2.75, 3.05) is 25.5 Å². The molecule has 116 valence electrons. The molecule has 0 saturated heterocycles. The Morgan fingerprint density at radius 3 is 2.36 bits per heavy atom. The van der Waals surface area contributed by atoms with E-state index in [4.69, 9.17) is 0 Å². The van der Waals surface area contributed by atoms with Gasteiger partial charge in [0.1, 0.15) is 0 Å². The number of carbonyl (C=O) groups is 1. The Hall–Kier alpha value is -2.29. The molecule has 2 aromatic carbocycles. The average Bonchev–Trinajstić information content (AvgIpc) is 2.50. The molecule has 0 heterocycles. The van der Waals surface area contributed by atoms with Crippen LogP contribution in [-0.4, -0.2) is 26.5 Å². The van der Waals surface area contributed by atoms with Crippen LogP contribution in [0.3, 0.4) is 0 Å². The maximum Gasteiger partial charge on any atom is 0.251 e. The van der Waals surface area contributed by atoms with Crippen LogP contribution in [0.1, 0.15) is 27.0 Å². The van der Waals surface area contributed by atoms with E-state index >= 15 is 0 Å². The summed E-state index contributed by atoms with van der Waals surface area (Å²) < 4.78 is 0. The van der Waals surface area contributed by atoms with E-state index in [1.807, 2.05) is 46.1 Å². The van der Waals surface area contributed by atoms with Crippen molar-refractivity contribution in [3.05, 3.63) is 64.7 Å². The lowest BCUT2D eigenvalue weighted by atomic mass is 10.0. The van der Waals surface area contributed by atoms with Crippen molar-refractivity contribution in [3.8, 4) is 0 Å². The minimum atomic E-state index is 0.00566. The van der Waals surface area contributed by atoms with Gasteiger partial charge in [-0.1, -0.05) is 29.8 Å². The molecule has 3 heteroatoms. The van der Waals surface area contributed by atoms with Gasteiger partial charge in [0.25, 0.3) is 5.91 Å². The van der Waals surface area contributed by atoms with Gasteiger partial charge in [0.15, 0.2) is 0 Å². The third kappa shape index (κ3) is 4.10. The molecule has 0 aliphatic heterocycles. The Bertz CT molecular complexity index is 645. The lowest BCUT2D eigenvalue weighted by Gasteiger charge is -2.13. The van der Waals surface area contributed by atoms with E-state index in [0.29, 0.717) is 6.54 Å². The molecular formula is C19H24N2O. The number of hydrogen-bond donors (Lipinski definition) is 1. The van der Waals surface area contributed by atoms with Crippen LogP contribution >= 0.6 is 0 Å². The normalized spacial score (nSPS) is 10.4. The van der Waals surface area contributed by atoms with Gasteiger partial charge in [-0.05, 0) is 49.6 Å². The third-order valence-corrected chi connectivity index (χ3v) is 3.79. The molecule has 0 spiro atoms. The van der Waals surface area contributed by atoms with Crippen LogP contribution in [-0.2, 0) is 6.42 Å². The first-order valence-corrected chi connectivity index (χ1v) is 7.59. The summed E-state index contributed by atoms with van der Waals surface area (Å²) in [7, 11) is 4.05. The molecule has 0 atom stereocenters. The minimum Gasteiger partial charge on any atom is -0.378 e. The Morgan fingerprint density at radius 1 is 1.05 bits per heavy atom. The second kappa shape index (κ2) is 7.12. The molecule has 2 rings (SSSR count). The summed E-state index contributed by atoms with van der Waals surface area (Å²) in [5.41, 5.74) is 5.30. The first-order chi connectivity index (χ1) is 10.5. The van der Waals surface area contributed by atoms with Crippen LogP contribution < -0.4 is 10.2 Å². The number of nitrogens with zero attached hydrogens (tertiary/aromatic N) is 1. The second-order valence-corrected chi connectivity index (χ2v) is 5.89. The highest BCUT2D eigenvalue weighted by molar-refractivity contribution is 5.95. The largest absolute Gasteiger partial charge is 0.378 e. The van der Waals surface area contributed by atoms with Gasteiger partial charge in [0.2, 0.25) is 0 Å². The van der Waals surface area contributed by atoms with E-state index in [9.17, 15) is 4.79 Å². The van der Waals surface area contributed by atoms with Crippen molar-refractivity contribution in [2.45, 2.75) is 20.3 Å². The molecule has 1 amide bonds. The molecule has 0 aliphatic rings. The molecule has 0 saturated carbocycles. The van der Waals surface area contributed by atoms with E-state index in [1.54, 1.807) is 0 Å². The molecule has 1 N–H and O–H groups in total. The number of nitrogens with one attached hydrogen (secondary N) is 1. The highest BCUT2D eigenvalue weighted by atomic mass is 16.1. The van der Waals surface area contributed by atoms with Gasteiger partial charge in [-0.2, -0.15) is 0 Å². The predicted molar refractivity (Wildman–Crippen MR) is 92.7 cm³/mol. The van der Waals surface area contributed by atoms with E-state index in [1.165, 1.54) is 11.3 Å². The fourth-order valence-electron chi connectivity index (χ4n) is 2.36. The molecule has 0 aromatic heterocycles. The van der Waals surface area contributed by atoms with E-state index in [-0.39, 0.29) is 5.91 Å². The van der Waals surface area contributed by atoms with Crippen molar-refractivity contribution in [2.24, 2.45) is 0 Å². The number of rotatable bonds is 5. The number of anilines is 1. The number of amides is 1. The highest BCUT2D eigenvalue weighted by Gasteiger charge is 2.08. The van der Waals surface area contributed by atoms with Gasteiger partial charge in [-0.15, -0.1) is 0 Å². The van der Waals surface area contributed by atoms with Gasteiger partial charge in [-0.25, -0.2) is 0 Å². The first kappa shape index (κ1) is 16.1. The lowest BCUT2D eigenvalue weighted by molar-refractivity contribution is 0.0953. The van der Waals surface area contributed by atoms with Gasteiger partial charge in [-0.3, -0.25) is 4.79 Å². The average molecular weight is 296 g/mol. The molecule has 0 fully saturated rings. The topological polar surface area (TPSA) is 32.3 Å². The molecule has 0 radical (unpaired) electrons. The summed E-state index contributed by atoms with van der Waals surface area (Å²) >= 11 is 0. The summed E-state index contributed by atoms with van der Waals surface area (Å²) in [6.07, 6.45) is 0.838.